The van der Waals surface area contributed by atoms with Gasteiger partial charge in [0.05, 0.1) is 23.2 Å². The molecule has 0 aliphatic carbocycles. The predicted molar refractivity (Wildman–Crippen MR) is 100.0 cm³/mol. The van der Waals surface area contributed by atoms with E-state index in [0.29, 0.717) is 5.82 Å². The van der Waals surface area contributed by atoms with Crippen LogP contribution in [0.2, 0.25) is 0 Å². The minimum atomic E-state index is -0.746. The molecular formula is C21H17N3O5. The van der Waals surface area contributed by atoms with E-state index in [9.17, 15) is 14.4 Å². The van der Waals surface area contributed by atoms with Crippen LogP contribution in [0.5, 0.6) is 0 Å². The van der Waals surface area contributed by atoms with Gasteiger partial charge in [0.2, 0.25) is 0 Å². The van der Waals surface area contributed by atoms with Crippen molar-refractivity contribution in [2.45, 2.75) is 26.5 Å². The Bertz CT molecular complexity index is 1110. The maximum atomic E-state index is 12.8. The molecule has 4 rings (SSSR count). The topological polar surface area (TPSA) is 103 Å². The molecule has 0 spiro atoms. The molecule has 2 aromatic carbocycles. The Labute approximate surface area is 166 Å². The summed E-state index contributed by atoms with van der Waals surface area (Å²) in [5.41, 5.74) is 1.45. The fourth-order valence-electron chi connectivity index (χ4n) is 3.08. The van der Waals surface area contributed by atoms with Crippen LogP contribution in [-0.4, -0.2) is 32.8 Å². The molecule has 0 bridgehead atoms. The van der Waals surface area contributed by atoms with Gasteiger partial charge in [-0.05, 0) is 37.6 Å². The second kappa shape index (κ2) is 7.31. The summed E-state index contributed by atoms with van der Waals surface area (Å²) in [5, 5.41) is 3.66. The quantitative estimate of drug-likeness (QED) is 0.486. The Morgan fingerprint density at radius 1 is 1.10 bits per heavy atom. The van der Waals surface area contributed by atoms with Crippen molar-refractivity contribution in [3.8, 4) is 0 Å². The number of imide groups is 1. The fourth-order valence-corrected chi connectivity index (χ4v) is 3.08. The van der Waals surface area contributed by atoms with Crippen LogP contribution < -0.4 is 0 Å². The van der Waals surface area contributed by atoms with Crippen LogP contribution in [0.15, 0.2) is 53.1 Å². The highest BCUT2D eigenvalue weighted by molar-refractivity contribution is 6.21. The van der Waals surface area contributed by atoms with Gasteiger partial charge >= 0.3 is 5.97 Å². The van der Waals surface area contributed by atoms with Crippen molar-refractivity contribution >= 4 is 17.8 Å². The average Bonchev–Trinajstić information content (AvgIpc) is 3.26. The van der Waals surface area contributed by atoms with Gasteiger partial charge < -0.3 is 9.26 Å². The van der Waals surface area contributed by atoms with Crippen molar-refractivity contribution in [3.63, 3.8) is 0 Å². The van der Waals surface area contributed by atoms with E-state index in [2.05, 4.69) is 10.1 Å². The Morgan fingerprint density at radius 2 is 1.83 bits per heavy atom. The Kier molecular flexibility index (Phi) is 4.67. The number of rotatable bonds is 5. The number of nitrogens with zero attached hydrogens (tertiary/aromatic N) is 3. The van der Waals surface area contributed by atoms with Crippen LogP contribution in [0.25, 0.3) is 0 Å². The second-order valence-corrected chi connectivity index (χ2v) is 6.67. The number of benzene rings is 2. The first-order chi connectivity index (χ1) is 13.9. The third-order valence-corrected chi connectivity index (χ3v) is 4.56. The van der Waals surface area contributed by atoms with Crippen molar-refractivity contribution in [1.29, 1.82) is 0 Å². The van der Waals surface area contributed by atoms with Gasteiger partial charge in [-0.2, -0.15) is 4.98 Å². The normalized spacial score (nSPS) is 14.1. The molecular weight excluding hydrogens is 374 g/mol. The number of aromatic nitrogens is 2. The molecule has 0 saturated carbocycles. The van der Waals surface area contributed by atoms with Crippen molar-refractivity contribution < 1.29 is 23.6 Å². The van der Waals surface area contributed by atoms with Crippen molar-refractivity contribution in [3.05, 3.63) is 82.5 Å². The fraction of sp³-hybridized carbons (Fsp3) is 0.190. The van der Waals surface area contributed by atoms with Gasteiger partial charge in [0.25, 0.3) is 17.7 Å². The molecule has 0 radical (unpaired) electrons. The lowest BCUT2D eigenvalue weighted by Crippen LogP contribution is -2.29. The molecule has 3 aromatic rings. The standard InChI is InChI=1S/C21H17N3O5/c1-12(18-22-13(2)23-29-18)28-21(27)15-8-9-16-17(10-15)20(26)24(19(16)25)11-14-6-4-3-5-7-14/h3-10,12H,11H2,1-2H3. The van der Waals surface area contributed by atoms with Crippen LogP contribution in [-0.2, 0) is 11.3 Å². The summed E-state index contributed by atoms with van der Waals surface area (Å²) in [7, 11) is 0. The van der Waals surface area contributed by atoms with Crippen LogP contribution in [0.1, 0.15) is 61.4 Å². The zero-order valence-corrected chi connectivity index (χ0v) is 15.8. The van der Waals surface area contributed by atoms with E-state index >= 15 is 0 Å². The number of aryl methyl sites for hydroxylation is 1. The number of ether oxygens (including phenoxy) is 1. The van der Waals surface area contributed by atoms with Gasteiger partial charge in [-0.25, -0.2) is 4.79 Å². The predicted octanol–water partition coefficient (Wildman–Crippen LogP) is 3.09. The lowest BCUT2D eigenvalue weighted by molar-refractivity contribution is 0.0265. The minimum Gasteiger partial charge on any atom is -0.449 e. The smallest absolute Gasteiger partial charge is 0.338 e. The minimum absolute atomic E-state index is 0.162. The van der Waals surface area contributed by atoms with E-state index in [1.165, 1.54) is 23.1 Å². The highest BCUT2D eigenvalue weighted by Crippen LogP contribution is 2.26. The van der Waals surface area contributed by atoms with E-state index in [1.807, 2.05) is 30.3 Å². The molecule has 0 fully saturated rings. The third kappa shape index (κ3) is 3.52. The van der Waals surface area contributed by atoms with Gasteiger partial charge in [0.1, 0.15) is 0 Å². The number of carbonyl (C=O) groups is 3. The largest absolute Gasteiger partial charge is 0.449 e. The van der Waals surface area contributed by atoms with Crippen molar-refractivity contribution in [1.82, 2.24) is 15.0 Å². The first kappa shape index (κ1) is 18.5. The lowest BCUT2D eigenvalue weighted by atomic mass is 10.1. The molecule has 2 amide bonds. The van der Waals surface area contributed by atoms with Gasteiger partial charge in [0.15, 0.2) is 11.9 Å². The number of hydrogen-bond acceptors (Lipinski definition) is 7. The molecule has 1 aromatic heterocycles. The maximum Gasteiger partial charge on any atom is 0.338 e. The summed E-state index contributed by atoms with van der Waals surface area (Å²) in [6.07, 6.45) is -0.746. The molecule has 29 heavy (non-hydrogen) atoms. The van der Waals surface area contributed by atoms with Gasteiger partial charge in [-0.15, -0.1) is 0 Å². The monoisotopic (exact) mass is 391 g/mol. The first-order valence-corrected chi connectivity index (χ1v) is 8.99. The van der Waals surface area contributed by atoms with Gasteiger partial charge in [-0.1, -0.05) is 35.5 Å². The highest BCUT2D eigenvalue weighted by atomic mass is 16.6. The molecule has 0 saturated heterocycles. The number of esters is 1. The zero-order chi connectivity index (χ0) is 20.5. The van der Waals surface area contributed by atoms with E-state index in [1.54, 1.807) is 13.8 Å². The van der Waals surface area contributed by atoms with Crippen molar-refractivity contribution in [2.75, 3.05) is 0 Å². The van der Waals surface area contributed by atoms with E-state index in [0.717, 1.165) is 5.56 Å². The molecule has 1 unspecified atom stereocenters. The number of amides is 2. The summed E-state index contributed by atoms with van der Waals surface area (Å²) >= 11 is 0. The molecule has 1 aliphatic heterocycles. The number of carbonyl (C=O) groups excluding carboxylic acids is 3. The number of fused-ring (bicyclic) bond motifs is 1. The number of hydrogen-bond donors (Lipinski definition) is 0. The van der Waals surface area contributed by atoms with E-state index in [4.69, 9.17) is 9.26 Å². The highest BCUT2D eigenvalue weighted by Gasteiger charge is 2.36. The summed E-state index contributed by atoms with van der Waals surface area (Å²) in [5.74, 6) is -0.870. The molecule has 0 N–H and O–H groups in total. The summed E-state index contributed by atoms with van der Waals surface area (Å²) in [6, 6.07) is 13.5. The van der Waals surface area contributed by atoms with Crippen LogP contribution in [0.4, 0.5) is 0 Å². The Hall–Kier alpha value is -3.81. The van der Waals surface area contributed by atoms with Crippen LogP contribution in [0.3, 0.4) is 0 Å². The third-order valence-electron chi connectivity index (χ3n) is 4.56. The summed E-state index contributed by atoms with van der Waals surface area (Å²) < 4.78 is 10.3. The van der Waals surface area contributed by atoms with Crippen molar-refractivity contribution in [2.24, 2.45) is 0 Å². The van der Waals surface area contributed by atoms with E-state index in [-0.39, 0.29) is 35.0 Å². The molecule has 8 heteroatoms. The van der Waals surface area contributed by atoms with Gasteiger partial charge in [0, 0.05) is 0 Å². The lowest BCUT2D eigenvalue weighted by Gasteiger charge is -2.13. The van der Waals surface area contributed by atoms with E-state index < -0.39 is 18.0 Å². The average molecular weight is 391 g/mol. The Morgan fingerprint density at radius 3 is 2.52 bits per heavy atom. The van der Waals surface area contributed by atoms with Gasteiger partial charge in [-0.3, -0.25) is 14.5 Å². The second-order valence-electron chi connectivity index (χ2n) is 6.67. The summed E-state index contributed by atoms with van der Waals surface area (Å²) in [6.45, 7) is 3.43. The molecule has 2 heterocycles. The van der Waals surface area contributed by atoms with Crippen LogP contribution in [0, 0.1) is 6.92 Å². The first-order valence-electron chi connectivity index (χ1n) is 8.99. The SMILES string of the molecule is Cc1noc(C(C)OC(=O)c2ccc3c(c2)C(=O)N(Cc2ccccc2)C3=O)n1. The summed E-state index contributed by atoms with van der Waals surface area (Å²) in [4.78, 5) is 43.0. The molecule has 1 atom stereocenters. The maximum absolute atomic E-state index is 12.8. The molecule has 1 aliphatic rings. The van der Waals surface area contributed by atoms with Crippen LogP contribution >= 0.6 is 0 Å². The molecule has 8 nitrogen and oxygen atoms in total. The molecule has 146 valence electrons. The Balaban J connectivity index is 1.53. The zero-order valence-electron chi connectivity index (χ0n) is 15.8.